The van der Waals surface area contributed by atoms with Crippen molar-refractivity contribution in [2.75, 3.05) is 6.54 Å². The monoisotopic (exact) mass is 328 g/mol. The largest absolute Gasteiger partial charge is 0.348 e. The second kappa shape index (κ2) is 6.78. The molecule has 0 saturated carbocycles. The molecule has 126 valence electrons. The lowest BCUT2D eigenvalue weighted by Crippen LogP contribution is -2.27. The Balaban J connectivity index is 1.77. The molecule has 0 radical (unpaired) electrons. The number of rotatable bonds is 2. The molecule has 2 unspecified atom stereocenters. The predicted octanol–water partition coefficient (Wildman–Crippen LogP) is 4.73. The van der Waals surface area contributed by atoms with Gasteiger partial charge in [0.2, 0.25) is 0 Å². The third-order valence-electron chi connectivity index (χ3n) is 5.29. The number of nitrogens with one attached hydrogen (secondary N) is 2. The van der Waals surface area contributed by atoms with Crippen molar-refractivity contribution in [2.24, 2.45) is 0 Å². The highest BCUT2D eigenvalue weighted by atomic mass is 14.9. The second-order valence-electron chi connectivity index (χ2n) is 7.07. The molecular formula is C23H24N2. The summed E-state index contributed by atoms with van der Waals surface area (Å²) in [6, 6.07) is 17.5. The van der Waals surface area contributed by atoms with E-state index in [1.807, 2.05) is 0 Å². The summed E-state index contributed by atoms with van der Waals surface area (Å²) in [6.07, 6.45) is 2.51. The summed E-state index contributed by atoms with van der Waals surface area (Å²) in [5.41, 5.74) is 5.91. The van der Waals surface area contributed by atoms with E-state index in [0.717, 1.165) is 17.8 Å². The quantitative estimate of drug-likeness (QED) is 0.654. The number of para-hydroxylation sites is 1. The molecule has 2 nitrogen and oxygen atoms in total. The lowest BCUT2D eigenvalue weighted by Gasteiger charge is -2.19. The fraction of sp³-hybridized carbons (Fsp3) is 0.304. The molecule has 2 atom stereocenters. The Morgan fingerprint density at radius 2 is 1.84 bits per heavy atom. The van der Waals surface area contributed by atoms with Gasteiger partial charge in [-0.2, -0.15) is 0 Å². The molecule has 1 aromatic heterocycles. The Morgan fingerprint density at radius 3 is 2.60 bits per heavy atom. The third kappa shape index (κ3) is 3.21. The Bertz CT molecular complexity index is 932. The Kier molecular flexibility index (Phi) is 4.34. The van der Waals surface area contributed by atoms with Gasteiger partial charge < -0.3 is 10.3 Å². The number of benzene rings is 2. The maximum atomic E-state index is 3.65. The van der Waals surface area contributed by atoms with Crippen LogP contribution in [0.3, 0.4) is 0 Å². The number of H-pyrrole nitrogens is 1. The first-order valence-electron chi connectivity index (χ1n) is 9.15. The van der Waals surface area contributed by atoms with Crippen molar-refractivity contribution in [1.29, 1.82) is 0 Å². The van der Waals surface area contributed by atoms with Gasteiger partial charge in [-0.25, -0.2) is 0 Å². The second-order valence-corrected chi connectivity index (χ2v) is 7.07. The van der Waals surface area contributed by atoms with Crippen LogP contribution in [-0.2, 0) is 0 Å². The van der Waals surface area contributed by atoms with Crippen LogP contribution in [0.1, 0.15) is 48.1 Å². The van der Waals surface area contributed by atoms with E-state index in [9.17, 15) is 0 Å². The zero-order valence-electron chi connectivity index (χ0n) is 14.9. The van der Waals surface area contributed by atoms with Gasteiger partial charge >= 0.3 is 0 Å². The maximum absolute atomic E-state index is 3.65. The molecular weight excluding hydrogens is 304 g/mol. The summed E-state index contributed by atoms with van der Waals surface area (Å²) in [4.78, 5) is 3.55. The van der Waals surface area contributed by atoms with Crippen LogP contribution in [0.4, 0.5) is 0 Å². The molecule has 2 N–H and O–H groups in total. The number of hydrogen-bond acceptors (Lipinski definition) is 1. The van der Waals surface area contributed by atoms with Gasteiger partial charge in [-0.3, -0.25) is 0 Å². The predicted molar refractivity (Wildman–Crippen MR) is 105 cm³/mol. The molecule has 0 amide bonds. The molecule has 0 bridgehead atoms. The fourth-order valence-corrected chi connectivity index (χ4v) is 3.85. The van der Waals surface area contributed by atoms with E-state index < -0.39 is 0 Å². The van der Waals surface area contributed by atoms with E-state index in [1.54, 1.807) is 0 Å². The first-order chi connectivity index (χ1) is 12.2. The number of hydrogen-bond donors (Lipinski definition) is 2. The van der Waals surface area contributed by atoms with E-state index in [-0.39, 0.29) is 0 Å². The van der Waals surface area contributed by atoms with Crippen molar-refractivity contribution in [3.63, 3.8) is 0 Å². The highest BCUT2D eigenvalue weighted by molar-refractivity contribution is 5.86. The van der Waals surface area contributed by atoms with Gasteiger partial charge in [-0.05, 0) is 61.9 Å². The van der Waals surface area contributed by atoms with E-state index in [2.05, 4.69) is 84.5 Å². The first kappa shape index (κ1) is 16.0. The minimum absolute atomic E-state index is 0.445. The minimum Gasteiger partial charge on any atom is -0.348 e. The average Bonchev–Trinajstić information content (AvgIpc) is 3.28. The van der Waals surface area contributed by atoms with Crippen LogP contribution in [-0.4, -0.2) is 17.6 Å². The smallest absolute Gasteiger partial charge is 0.0943 e. The van der Waals surface area contributed by atoms with Crippen molar-refractivity contribution < 1.29 is 0 Å². The topological polar surface area (TPSA) is 27.8 Å². The van der Waals surface area contributed by atoms with E-state index in [1.165, 1.54) is 34.9 Å². The zero-order chi connectivity index (χ0) is 17.2. The van der Waals surface area contributed by atoms with Gasteiger partial charge in [0.1, 0.15) is 0 Å². The van der Waals surface area contributed by atoms with Crippen LogP contribution in [0.15, 0.2) is 48.5 Å². The summed E-state index contributed by atoms with van der Waals surface area (Å²) in [5.74, 6) is 7.19. The van der Waals surface area contributed by atoms with Gasteiger partial charge in [0.25, 0.3) is 0 Å². The molecule has 3 aromatic rings. The summed E-state index contributed by atoms with van der Waals surface area (Å²) < 4.78 is 0. The molecule has 2 heterocycles. The number of aromatic amines is 1. The Labute approximate surface area is 149 Å². The minimum atomic E-state index is 0.445. The van der Waals surface area contributed by atoms with Crippen LogP contribution in [0.2, 0.25) is 0 Å². The van der Waals surface area contributed by atoms with Crippen LogP contribution in [0, 0.1) is 18.8 Å². The molecule has 1 aliphatic rings. The summed E-state index contributed by atoms with van der Waals surface area (Å²) in [7, 11) is 0. The van der Waals surface area contributed by atoms with Crippen molar-refractivity contribution in [2.45, 2.75) is 38.6 Å². The Morgan fingerprint density at radius 1 is 1.04 bits per heavy atom. The number of fused-ring (bicyclic) bond motifs is 1. The molecule has 4 rings (SSSR count). The van der Waals surface area contributed by atoms with Crippen LogP contribution >= 0.6 is 0 Å². The van der Waals surface area contributed by atoms with Crippen molar-refractivity contribution in [3.05, 3.63) is 70.9 Å². The molecule has 1 fully saturated rings. The van der Waals surface area contributed by atoms with E-state index >= 15 is 0 Å². The van der Waals surface area contributed by atoms with Gasteiger partial charge in [0.15, 0.2) is 0 Å². The molecule has 0 spiro atoms. The first-order valence-corrected chi connectivity index (χ1v) is 9.15. The normalized spacial score (nSPS) is 18.1. The van der Waals surface area contributed by atoms with Crippen molar-refractivity contribution >= 4 is 10.9 Å². The van der Waals surface area contributed by atoms with E-state index in [0.29, 0.717) is 12.0 Å². The lowest BCUT2D eigenvalue weighted by atomic mass is 9.90. The number of aromatic nitrogens is 1. The standard InChI is InChI=1S/C23H24N2/c1-16-9-11-18(12-10-16)13-14-22-23(17(2)20-8-5-15-24-20)19-6-3-4-7-21(19)25-22/h3-4,6-7,9-12,17,20,24-25H,5,8,15H2,1-2H3. The third-order valence-corrected chi connectivity index (χ3v) is 5.29. The molecule has 2 aromatic carbocycles. The lowest BCUT2D eigenvalue weighted by molar-refractivity contribution is 0.519. The number of aryl methyl sites for hydroxylation is 1. The van der Waals surface area contributed by atoms with Gasteiger partial charge in [0, 0.05) is 22.5 Å². The Hall–Kier alpha value is -2.50. The fourth-order valence-electron chi connectivity index (χ4n) is 3.85. The molecule has 25 heavy (non-hydrogen) atoms. The molecule has 0 aliphatic carbocycles. The molecule has 1 saturated heterocycles. The SMILES string of the molecule is Cc1ccc(C#Cc2[nH]c3ccccc3c2C(C)C2CCCN2)cc1. The molecule has 2 heteroatoms. The van der Waals surface area contributed by atoms with Crippen molar-refractivity contribution in [1.82, 2.24) is 10.3 Å². The van der Waals surface area contributed by atoms with Gasteiger partial charge in [0.05, 0.1) is 5.69 Å². The van der Waals surface area contributed by atoms with Crippen LogP contribution in [0.25, 0.3) is 10.9 Å². The highest BCUT2D eigenvalue weighted by Crippen LogP contribution is 2.33. The van der Waals surface area contributed by atoms with Gasteiger partial charge in [-0.15, -0.1) is 0 Å². The zero-order valence-corrected chi connectivity index (χ0v) is 14.9. The maximum Gasteiger partial charge on any atom is 0.0943 e. The van der Waals surface area contributed by atoms with Crippen LogP contribution < -0.4 is 5.32 Å². The van der Waals surface area contributed by atoms with E-state index in [4.69, 9.17) is 0 Å². The van der Waals surface area contributed by atoms with Crippen LogP contribution in [0.5, 0.6) is 0 Å². The van der Waals surface area contributed by atoms with Crippen molar-refractivity contribution in [3.8, 4) is 11.8 Å². The summed E-state index contributed by atoms with van der Waals surface area (Å²) in [5, 5.41) is 4.96. The summed E-state index contributed by atoms with van der Waals surface area (Å²) in [6.45, 7) is 5.56. The average molecular weight is 328 g/mol. The highest BCUT2D eigenvalue weighted by Gasteiger charge is 2.26. The summed E-state index contributed by atoms with van der Waals surface area (Å²) >= 11 is 0. The molecule has 1 aliphatic heterocycles. The van der Waals surface area contributed by atoms with Gasteiger partial charge in [-0.1, -0.05) is 48.7 Å².